The zero-order chi connectivity index (χ0) is 14.0. The molecule has 7 heteroatoms. The molecule has 98 valence electrons. The normalized spacial score (nSPS) is 11.3. The third kappa shape index (κ3) is 2.70. The zero-order valence-electron chi connectivity index (χ0n) is 9.39. The molecule has 0 bridgehead atoms. The van der Waals surface area contributed by atoms with Gasteiger partial charge in [-0.2, -0.15) is 13.2 Å². The first-order chi connectivity index (χ1) is 8.89. The van der Waals surface area contributed by atoms with Crippen molar-refractivity contribution in [3.63, 3.8) is 0 Å². The van der Waals surface area contributed by atoms with Crippen molar-refractivity contribution < 1.29 is 18.1 Å². The predicted octanol–water partition coefficient (Wildman–Crippen LogP) is 3.68. The Morgan fingerprint density at radius 2 is 1.89 bits per heavy atom. The lowest BCUT2D eigenvalue weighted by Gasteiger charge is -2.09. The Hall–Kier alpha value is -2.44. The van der Waals surface area contributed by atoms with Gasteiger partial charge in [0, 0.05) is 24.0 Å². The summed E-state index contributed by atoms with van der Waals surface area (Å²) in [7, 11) is 0. The standard InChI is InChI=1S/C12H7F3N2O2/c13-12(14,15)10-6-8(3-4-11(10)17(18)19)9-2-1-5-16-7-9/h1-7H. The van der Waals surface area contributed by atoms with Gasteiger partial charge in [-0.1, -0.05) is 6.07 Å². The molecule has 0 fully saturated rings. The van der Waals surface area contributed by atoms with Gasteiger partial charge in [0.2, 0.25) is 0 Å². The Morgan fingerprint density at radius 1 is 1.16 bits per heavy atom. The zero-order valence-corrected chi connectivity index (χ0v) is 9.39. The molecular formula is C12H7F3N2O2. The van der Waals surface area contributed by atoms with E-state index in [1.807, 2.05) is 0 Å². The number of halogens is 3. The number of hydrogen-bond acceptors (Lipinski definition) is 3. The van der Waals surface area contributed by atoms with Crippen LogP contribution in [0.1, 0.15) is 5.56 Å². The summed E-state index contributed by atoms with van der Waals surface area (Å²) in [5.74, 6) is 0. The van der Waals surface area contributed by atoms with Crippen molar-refractivity contribution in [3.8, 4) is 11.1 Å². The predicted molar refractivity (Wildman–Crippen MR) is 61.3 cm³/mol. The Labute approximate surface area is 105 Å². The highest BCUT2D eigenvalue weighted by molar-refractivity contribution is 5.66. The van der Waals surface area contributed by atoms with Crippen molar-refractivity contribution in [1.82, 2.24) is 4.98 Å². The largest absolute Gasteiger partial charge is 0.423 e. The van der Waals surface area contributed by atoms with Crippen LogP contribution in [-0.2, 0) is 6.18 Å². The SMILES string of the molecule is O=[N+]([O-])c1ccc(-c2cccnc2)cc1C(F)(F)F. The third-order valence-corrected chi connectivity index (χ3v) is 2.49. The van der Waals surface area contributed by atoms with Crippen molar-refractivity contribution >= 4 is 5.69 Å². The fourth-order valence-electron chi connectivity index (χ4n) is 1.64. The summed E-state index contributed by atoms with van der Waals surface area (Å²) in [5.41, 5.74) is -1.53. The highest BCUT2D eigenvalue weighted by atomic mass is 19.4. The second-order valence-corrected chi connectivity index (χ2v) is 3.73. The van der Waals surface area contributed by atoms with Gasteiger partial charge in [-0.05, 0) is 23.8 Å². The first kappa shape index (κ1) is 13.0. The number of hydrogen-bond donors (Lipinski definition) is 0. The summed E-state index contributed by atoms with van der Waals surface area (Å²) < 4.78 is 38.4. The number of nitrogens with zero attached hydrogens (tertiary/aromatic N) is 2. The van der Waals surface area contributed by atoms with Gasteiger partial charge in [0.25, 0.3) is 5.69 Å². The van der Waals surface area contributed by atoms with Gasteiger partial charge in [0.1, 0.15) is 5.56 Å². The van der Waals surface area contributed by atoms with E-state index < -0.39 is 22.4 Å². The van der Waals surface area contributed by atoms with Crippen LogP contribution in [0.4, 0.5) is 18.9 Å². The summed E-state index contributed by atoms with van der Waals surface area (Å²) >= 11 is 0. The van der Waals surface area contributed by atoms with Crippen molar-refractivity contribution in [3.05, 3.63) is 58.4 Å². The van der Waals surface area contributed by atoms with Crippen molar-refractivity contribution in [2.75, 3.05) is 0 Å². The Bertz CT molecular complexity index is 612. The highest BCUT2D eigenvalue weighted by Crippen LogP contribution is 2.38. The van der Waals surface area contributed by atoms with Crippen LogP contribution < -0.4 is 0 Å². The number of rotatable bonds is 2. The Morgan fingerprint density at radius 3 is 2.42 bits per heavy atom. The van der Waals surface area contributed by atoms with E-state index in [0.29, 0.717) is 5.56 Å². The van der Waals surface area contributed by atoms with E-state index in [1.54, 1.807) is 12.1 Å². The molecule has 2 aromatic rings. The second-order valence-electron chi connectivity index (χ2n) is 3.73. The molecule has 0 aliphatic heterocycles. The van der Waals surface area contributed by atoms with Crippen molar-refractivity contribution in [1.29, 1.82) is 0 Å². The molecule has 0 saturated heterocycles. The maximum atomic E-state index is 12.8. The average Bonchev–Trinajstić information content (AvgIpc) is 2.38. The fourth-order valence-corrected chi connectivity index (χ4v) is 1.64. The molecule has 0 amide bonds. The molecule has 0 radical (unpaired) electrons. The van der Waals surface area contributed by atoms with Gasteiger partial charge in [-0.15, -0.1) is 0 Å². The van der Waals surface area contributed by atoms with Crippen LogP contribution in [0, 0.1) is 10.1 Å². The van der Waals surface area contributed by atoms with Crippen molar-refractivity contribution in [2.24, 2.45) is 0 Å². The molecule has 1 aromatic heterocycles. The number of nitro groups is 1. The monoisotopic (exact) mass is 268 g/mol. The minimum absolute atomic E-state index is 0.228. The Balaban J connectivity index is 2.60. The number of pyridine rings is 1. The molecule has 2 rings (SSSR count). The molecule has 1 aromatic carbocycles. The molecule has 0 unspecified atom stereocenters. The summed E-state index contributed by atoms with van der Waals surface area (Å²) in [6.45, 7) is 0. The highest BCUT2D eigenvalue weighted by Gasteiger charge is 2.38. The number of nitro benzene ring substituents is 1. The third-order valence-electron chi connectivity index (χ3n) is 2.49. The van der Waals surface area contributed by atoms with E-state index in [2.05, 4.69) is 4.98 Å². The maximum Gasteiger partial charge on any atom is 0.423 e. The molecule has 0 aliphatic carbocycles. The molecule has 0 atom stereocenters. The van der Waals surface area contributed by atoms with Crippen LogP contribution in [0.15, 0.2) is 42.7 Å². The number of alkyl halides is 3. The lowest BCUT2D eigenvalue weighted by atomic mass is 10.0. The van der Waals surface area contributed by atoms with Crippen LogP contribution in [0.2, 0.25) is 0 Å². The number of aromatic nitrogens is 1. The van der Waals surface area contributed by atoms with Crippen LogP contribution >= 0.6 is 0 Å². The molecule has 19 heavy (non-hydrogen) atoms. The fraction of sp³-hybridized carbons (Fsp3) is 0.0833. The van der Waals surface area contributed by atoms with Gasteiger partial charge in [-0.25, -0.2) is 0 Å². The minimum atomic E-state index is -4.78. The average molecular weight is 268 g/mol. The summed E-state index contributed by atoms with van der Waals surface area (Å²) in [6, 6.07) is 6.03. The maximum absolute atomic E-state index is 12.8. The van der Waals surface area contributed by atoms with Crippen LogP contribution in [0.25, 0.3) is 11.1 Å². The summed E-state index contributed by atoms with van der Waals surface area (Å²) in [5, 5.41) is 10.6. The van der Waals surface area contributed by atoms with Gasteiger partial charge >= 0.3 is 6.18 Å². The first-order valence-electron chi connectivity index (χ1n) is 5.15. The summed E-state index contributed by atoms with van der Waals surface area (Å²) in [4.78, 5) is 13.4. The molecule has 4 nitrogen and oxygen atoms in total. The molecule has 0 N–H and O–H groups in total. The lowest BCUT2D eigenvalue weighted by Crippen LogP contribution is -2.09. The van der Waals surface area contributed by atoms with E-state index in [4.69, 9.17) is 0 Å². The van der Waals surface area contributed by atoms with Crippen LogP contribution in [0.5, 0.6) is 0 Å². The topological polar surface area (TPSA) is 56.0 Å². The molecule has 0 aliphatic rings. The quantitative estimate of drug-likeness (QED) is 0.616. The van der Waals surface area contributed by atoms with Gasteiger partial charge in [0.15, 0.2) is 0 Å². The van der Waals surface area contributed by atoms with Gasteiger partial charge < -0.3 is 0 Å². The summed E-state index contributed by atoms with van der Waals surface area (Å²) in [6.07, 6.45) is -1.90. The van der Waals surface area contributed by atoms with Gasteiger partial charge in [0.05, 0.1) is 4.92 Å². The van der Waals surface area contributed by atoms with E-state index in [0.717, 1.165) is 12.1 Å². The van der Waals surface area contributed by atoms with E-state index in [9.17, 15) is 23.3 Å². The van der Waals surface area contributed by atoms with Crippen LogP contribution in [0.3, 0.4) is 0 Å². The first-order valence-corrected chi connectivity index (χ1v) is 5.15. The molecular weight excluding hydrogens is 261 g/mol. The Kier molecular flexibility index (Phi) is 3.20. The van der Waals surface area contributed by atoms with E-state index in [1.165, 1.54) is 18.5 Å². The molecule has 0 saturated carbocycles. The number of benzene rings is 1. The van der Waals surface area contributed by atoms with E-state index >= 15 is 0 Å². The molecule has 1 heterocycles. The van der Waals surface area contributed by atoms with Crippen LogP contribution in [-0.4, -0.2) is 9.91 Å². The van der Waals surface area contributed by atoms with Crippen molar-refractivity contribution in [2.45, 2.75) is 6.18 Å². The van der Waals surface area contributed by atoms with E-state index in [-0.39, 0.29) is 5.56 Å². The second kappa shape index (κ2) is 4.68. The lowest BCUT2D eigenvalue weighted by molar-refractivity contribution is -0.388. The smallest absolute Gasteiger partial charge is 0.264 e. The minimum Gasteiger partial charge on any atom is -0.264 e. The van der Waals surface area contributed by atoms with Gasteiger partial charge in [-0.3, -0.25) is 15.1 Å². The molecule has 0 spiro atoms.